The van der Waals surface area contributed by atoms with Crippen LogP contribution in [0.25, 0.3) is 10.6 Å². The minimum Gasteiger partial charge on any atom is -0.486 e. The summed E-state index contributed by atoms with van der Waals surface area (Å²) in [5.41, 5.74) is 2.55. The van der Waals surface area contributed by atoms with E-state index in [1.54, 1.807) is 5.38 Å². The highest BCUT2D eigenvalue weighted by Gasteiger charge is 2.32. The number of benzene rings is 1. The summed E-state index contributed by atoms with van der Waals surface area (Å²) in [6.45, 7) is 5.70. The Hall–Kier alpha value is -1.68. The van der Waals surface area contributed by atoms with Gasteiger partial charge in [-0.1, -0.05) is 12.1 Å². The number of ether oxygens (including phenoxy) is 1. The molecule has 2 aromatic rings. The van der Waals surface area contributed by atoms with Crippen LogP contribution in [0.15, 0.2) is 23.6 Å². The molecule has 0 bridgehead atoms. The molecule has 19 heavy (non-hydrogen) atoms. The van der Waals surface area contributed by atoms with Crippen molar-refractivity contribution in [2.45, 2.75) is 32.8 Å². The van der Waals surface area contributed by atoms with Gasteiger partial charge in [0.05, 0.1) is 5.56 Å². The first-order valence-electron chi connectivity index (χ1n) is 6.24. The van der Waals surface area contributed by atoms with Crippen molar-refractivity contribution in [1.82, 2.24) is 4.98 Å². The summed E-state index contributed by atoms with van der Waals surface area (Å²) >= 11 is 1.49. The lowest BCUT2D eigenvalue weighted by Crippen LogP contribution is -2.24. The molecule has 2 heterocycles. The molecule has 3 rings (SSSR count). The Morgan fingerprint density at radius 2 is 2.21 bits per heavy atom. The van der Waals surface area contributed by atoms with Crippen molar-refractivity contribution in [3.63, 3.8) is 0 Å². The average Bonchev–Trinajstić information content (AvgIpc) is 2.90. The number of ketones is 1. The molecule has 1 aromatic carbocycles. The van der Waals surface area contributed by atoms with Crippen molar-refractivity contribution < 1.29 is 9.53 Å². The molecule has 98 valence electrons. The van der Waals surface area contributed by atoms with Gasteiger partial charge in [-0.15, -0.1) is 11.3 Å². The van der Waals surface area contributed by atoms with E-state index in [4.69, 9.17) is 4.74 Å². The quantitative estimate of drug-likeness (QED) is 0.783. The smallest absolute Gasteiger partial charge is 0.178 e. The summed E-state index contributed by atoms with van der Waals surface area (Å²) in [5, 5.41) is 2.65. The fourth-order valence-corrected chi connectivity index (χ4v) is 3.22. The first-order valence-corrected chi connectivity index (χ1v) is 7.12. The van der Waals surface area contributed by atoms with Gasteiger partial charge in [-0.05, 0) is 25.5 Å². The molecule has 0 unspecified atom stereocenters. The topological polar surface area (TPSA) is 39.2 Å². The second-order valence-corrected chi connectivity index (χ2v) is 6.28. The highest BCUT2D eigenvalue weighted by molar-refractivity contribution is 7.13. The fraction of sp³-hybridized carbons (Fsp3) is 0.333. The molecule has 0 saturated carbocycles. The van der Waals surface area contributed by atoms with Crippen LogP contribution in [0.3, 0.4) is 0 Å². The molecule has 0 aliphatic carbocycles. The lowest BCUT2D eigenvalue weighted by molar-refractivity contribution is 0.101. The summed E-state index contributed by atoms with van der Waals surface area (Å²) in [4.78, 5) is 15.7. The first-order chi connectivity index (χ1) is 8.96. The highest BCUT2D eigenvalue weighted by Crippen LogP contribution is 2.42. The molecule has 0 saturated heterocycles. The van der Waals surface area contributed by atoms with Gasteiger partial charge in [0, 0.05) is 18.7 Å². The molecule has 0 spiro atoms. The second-order valence-electron chi connectivity index (χ2n) is 5.43. The summed E-state index contributed by atoms with van der Waals surface area (Å²) in [7, 11) is 0. The van der Waals surface area contributed by atoms with E-state index in [9.17, 15) is 4.79 Å². The standard InChI is InChI=1S/C15H15NO2S/c1-9(17)12-8-19-14(16-12)11-6-4-5-10-7-15(2,3)18-13(10)11/h4-6,8H,7H2,1-3H3. The molecular weight excluding hydrogens is 258 g/mol. The van der Waals surface area contributed by atoms with E-state index < -0.39 is 0 Å². The van der Waals surface area contributed by atoms with Gasteiger partial charge < -0.3 is 4.74 Å². The maximum Gasteiger partial charge on any atom is 0.178 e. The highest BCUT2D eigenvalue weighted by atomic mass is 32.1. The predicted octanol–water partition coefficient (Wildman–Crippen LogP) is 3.73. The normalized spacial score (nSPS) is 15.9. The molecule has 0 radical (unpaired) electrons. The number of thiazole rings is 1. The SMILES string of the molecule is CC(=O)c1csc(-c2cccc3c2OC(C)(C)C3)n1. The third-order valence-corrected chi connectivity index (χ3v) is 4.06. The van der Waals surface area contributed by atoms with E-state index in [2.05, 4.69) is 24.9 Å². The number of aromatic nitrogens is 1. The van der Waals surface area contributed by atoms with Crippen LogP contribution in [0.5, 0.6) is 5.75 Å². The van der Waals surface area contributed by atoms with Gasteiger partial charge in [0.25, 0.3) is 0 Å². The van der Waals surface area contributed by atoms with E-state index in [0.29, 0.717) is 5.69 Å². The monoisotopic (exact) mass is 273 g/mol. The van der Waals surface area contributed by atoms with E-state index in [1.807, 2.05) is 12.1 Å². The van der Waals surface area contributed by atoms with E-state index in [-0.39, 0.29) is 11.4 Å². The van der Waals surface area contributed by atoms with E-state index in [0.717, 1.165) is 22.7 Å². The molecule has 1 aliphatic rings. The number of carbonyl (C=O) groups excluding carboxylic acids is 1. The Labute approximate surface area is 116 Å². The van der Waals surface area contributed by atoms with Crippen LogP contribution in [0.1, 0.15) is 36.8 Å². The third-order valence-electron chi connectivity index (χ3n) is 3.19. The maximum absolute atomic E-state index is 11.3. The minimum atomic E-state index is -0.168. The lowest BCUT2D eigenvalue weighted by atomic mass is 10.0. The molecule has 0 atom stereocenters. The molecule has 0 amide bonds. The third kappa shape index (κ3) is 2.16. The van der Waals surface area contributed by atoms with E-state index >= 15 is 0 Å². The number of nitrogens with zero attached hydrogens (tertiary/aromatic N) is 1. The first kappa shape index (κ1) is 12.4. The second kappa shape index (κ2) is 4.17. The molecule has 0 fully saturated rings. The zero-order valence-electron chi connectivity index (χ0n) is 11.2. The van der Waals surface area contributed by atoms with Gasteiger partial charge in [-0.25, -0.2) is 4.98 Å². The van der Waals surface area contributed by atoms with Gasteiger partial charge in [0.2, 0.25) is 0 Å². The zero-order valence-corrected chi connectivity index (χ0v) is 12.0. The van der Waals surface area contributed by atoms with Crippen molar-refractivity contribution in [1.29, 1.82) is 0 Å². The van der Waals surface area contributed by atoms with Gasteiger partial charge >= 0.3 is 0 Å². The van der Waals surface area contributed by atoms with Crippen molar-refractivity contribution >= 4 is 17.1 Å². The van der Waals surface area contributed by atoms with Crippen LogP contribution < -0.4 is 4.74 Å². The van der Waals surface area contributed by atoms with Crippen LogP contribution in [0.4, 0.5) is 0 Å². The van der Waals surface area contributed by atoms with Crippen molar-refractivity contribution in [3.8, 4) is 16.3 Å². The fourth-order valence-electron chi connectivity index (χ4n) is 2.34. The summed E-state index contributed by atoms with van der Waals surface area (Å²) in [6, 6.07) is 6.11. The Kier molecular flexibility index (Phi) is 2.71. The number of fused-ring (bicyclic) bond motifs is 1. The van der Waals surface area contributed by atoms with Gasteiger partial charge in [0.15, 0.2) is 5.78 Å². The van der Waals surface area contributed by atoms with Crippen molar-refractivity contribution in [3.05, 3.63) is 34.8 Å². The summed E-state index contributed by atoms with van der Waals surface area (Å²) < 4.78 is 6.03. The molecule has 4 heteroatoms. The Morgan fingerprint density at radius 1 is 1.42 bits per heavy atom. The Morgan fingerprint density at radius 3 is 2.89 bits per heavy atom. The average molecular weight is 273 g/mol. The number of carbonyl (C=O) groups is 1. The lowest BCUT2D eigenvalue weighted by Gasteiger charge is -2.17. The zero-order chi connectivity index (χ0) is 13.6. The number of Topliss-reactive ketones (excluding diaryl/α,β-unsaturated/α-hetero) is 1. The summed E-state index contributed by atoms with van der Waals surface area (Å²) in [6.07, 6.45) is 0.904. The van der Waals surface area contributed by atoms with Gasteiger partial charge in [-0.3, -0.25) is 4.79 Å². The largest absolute Gasteiger partial charge is 0.486 e. The maximum atomic E-state index is 11.3. The predicted molar refractivity (Wildman–Crippen MR) is 76.0 cm³/mol. The van der Waals surface area contributed by atoms with Crippen molar-refractivity contribution in [2.24, 2.45) is 0 Å². The number of para-hydroxylation sites is 1. The van der Waals surface area contributed by atoms with Crippen LogP contribution >= 0.6 is 11.3 Å². The Bertz CT molecular complexity index is 658. The minimum absolute atomic E-state index is 0.00340. The van der Waals surface area contributed by atoms with Gasteiger partial charge in [-0.2, -0.15) is 0 Å². The van der Waals surface area contributed by atoms with Crippen LogP contribution in [-0.4, -0.2) is 16.4 Å². The Balaban J connectivity index is 2.07. The van der Waals surface area contributed by atoms with Gasteiger partial charge in [0.1, 0.15) is 22.1 Å². The van der Waals surface area contributed by atoms with Crippen LogP contribution in [0.2, 0.25) is 0 Å². The molecule has 1 aliphatic heterocycles. The molecule has 3 nitrogen and oxygen atoms in total. The number of hydrogen-bond donors (Lipinski definition) is 0. The van der Waals surface area contributed by atoms with E-state index in [1.165, 1.54) is 23.8 Å². The number of hydrogen-bond acceptors (Lipinski definition) is 4. The number of rotatable bonds is 2. The molecule has 0 N–H and O–H groups in total. The molecule has 1 aromatic heterocycles. The summed E-state index contributed by atoms with van der Waals surface area (Å²) in [5.74, 6) is 0.910. The van der Waals surface area contributed by atoms with Crippen molar-refractivity contribution in [2.75, 3.05) is 0 Å². The molecular formula is C15H15NO2S. The van der Waals surface area contributed by atoms with Crippen LogP contribution in [0, 0.1) is 0 Å². The van der Waals surface area contributed by atoms with Crippen LogP contribution in [-0.2, 0) is 6.42 Å².